The molecule has 3 amide bonds. The van der Waals surface area contributed by atoms with Crippen molar-refractivity contribution in [3.8, 4) is 0 Å². The Bertz CT molecular complexity index is 1230. The third-order valence-corrected chi connectivity index (χ3v) is 7.61. The Morgan fingerprint density at radius 1 is 1.00 bits per heavy atom. The van der Waals surface area contributed by atoms with Gasteiger partial charge in [0, 0.05) is 45.1 Å². The highest BCUT2D eigenvalue weighted by Crippen LogP contribution is 2.23. The van der Waals surface area contributed by atoms with Crippen LogP contribution >= 0.6 is 0 Å². The molecule has 4 atom stereocenters. The summed E-state index contributed by atoms with van der Waals surface area (Å²) < 4.78 is 0. The van der Waals surface area contributed by atoms with Crippen molar-refractivity contribution in [2.24, 2.45) is 22.2 Å². The molecule has 0 bridgehead atoms. The van der Waals surface area contributed by atoms with Crippen LogP contribution in [0.15, 0.2) is 53.5 Å². The van der Waals surface area contributed by atoms with E-state index in [0.717, 1.165) is 22.3 Å². The van der Waals surface area contributed by atoms with Gasteiger partial charge in [-0.1, -0.05) is 54.1 Å². The summed E-state index contributed by atoms with van der Waals surface area (Å²) in [6.07, 6.45) is 2.04. The van der Waals surface area contributed by atoms with E-state index < -0.39 is 12.1 Å². The van der Waals surface area contributed by atoms with Gasteiger partial charge in [-0.25, -0.2) is 0 Å². The number of hydrogen-bond donors (Lipinski definition) is 4. The smallest absolute Gasteiger partial charge is 0.245 e. The van der Waals surface area contributed by atoms with Crippen LogP contribution in [0.25, 0.3) is 0 Å². The summed E-state index contributed by atoms with van der Waals surface area (Å²) in [5.41, 5.74) is 21.8. The standard InChI is InChI=1S/C31H45N7O3/c1-20-12-13-25(21(2)15-20)17-27(32)29(40)38-18-22(3)37(19-26(38)11-8-14-35-31(33)34)30(41)28(36-23(4)39)16-24-9-6-5-7-10-24/h5-7,9-10,12-13,15,22,26-28H,8,11,14,16-19,32H2,1-4H3,(H,36,39)(H4,33,34,35)/t22?,26?,27?,28-/m1/s1. The number of benzene rings is 2. The van der Waals surface area contributed by atoms with E-state index >= 15 is 0 Å². The minimum absolute atomic E-state index is 0.0153. The SMILES string of the molecule is CC(=O)N[C@H](Cc1ccccc1)C(=O)N1CC(CCCN=C(N)N)N(C(=O)C(N)Cc2ccc(C)cc2C)CC1C. The van der Waals surface area contributed by atoms with Gasteiger partial charge in [-0.05, 0) is 56.7 Å². The van der Waals surface area contributed by atoms with Gasteiger partial charge in [-0.2, -0.15) is 0 Å². The van der Waals surface area contributed by atoms with Crippen LogP contribution in [0, 0.1) is 13.8 Å². The molecule has 222 valence electrons. The number of guanidine groups is 1. The van der Waals surface area contributed by atoms with E-state index in [1.165, 1.54) is 6.92 Å². The normalized spacial score (nSPS) is 18.4. The quantitative estimate of drug-likeness (QED) is 0.184. The molecule has 7 N–H and O–H groups in total. The third kappa shape index (κ3) is 9.04. The van der Waals surface area contributed by atoms with Crippen LogP contribution in [0.4, 0.5) is 0 Å². The molecule has 3 rings (SSSR count). The summed E-state index contributed by atoms with van der Waals surface area (Å²) in [6.45, 7) is 8.49. The molecule has 1 heterocycles. The van der Waals surface area contributed by atoms with E-state index in [-0.39, 0.29) is 35.8 Å². The van der Waals surface area contributed by atoms with Crippen LogP contribution in [0.1, 0.15) is 48.9 Å². The predicted octanol–water partition coefficient (Wildman–Crippen LogP) is 1.40. The predicted molar refractivity (Wildman–Crippen MR) is 162 cm³/mol. The molecule has 1 aliphatic heterocycles. The molecule has 1 saturated heterocycles. The fraction of sp³-hybridized carbons (Fsp3) is 0.484. The molecule has 0 radical (unpaired) electrons. The number of nitrogens with zero attached hydrogens (tertiary/aromatic N) is 3. The molecule has 0 saturated carbocycles. The molecule has 41 heavy (non-hydrogen) atoms. The summed E-state index contributed by atoms with van der Waals surface area (Å²) in [5, 5.41) is 2.84. The number of carbonyl (C=O) groups is 3. The first-order valence-corrected chi connectivity index (χ1v) is 14.2. The lowest BCUT2D eigenvalue weighted by Crippen LogP contribution is -2.65. The maximum atomic E-state index is 13.9. The number of aliphatic imine (C=N–C) groups is 1. The van der Waals surface area contributed by atoms with Crippen molar-refractivity contribution in [1.82, 2.24) is 15.1 Å². The van der Waals surface area contributed by atoms with E-state index in [1.807, 2.05) is 68.1 Å². The van der Waals surface area contributed by atoms with Gasteiger partial charge in [0.15, 0.2) is 5.96 Å². The molecule has 1 fully saturated rings. The average molecular weight is 564 g/mol. The van der Waals surface area contributed by atoms with Crippen molar-refractivity contribution < 1.29 is 14.4 Å². The lowest BCUT2D eigenvalue weighted by atomic mass is 9.96. The molecule has 10 heteroatoms. The maximum Gasteiger partial charge on any atom is 0.245 e. The number of carbonyl (C=O) groups excluding carboxylic acids is 3. The van der Waals surface area contributed by atoms with Crippen molar-refractivity contribution in [3.05, 3.63) is 70.8 Å². The third-order valence-electron chi connectivity index (χ3n) is 7.61. The highest BCUT2D eigenvalue weighted by Gasteiger charge is 2.39. The zero-order valence-electron chi connectivity index (χ0n) is 24.7. The Kier molecular flexibility index (Phi) is 11.3. The molecule has 0 aromatic heterocycles. The van der Waals surface area contributed by atoms with Crippen molar-refractivity contribution >= 4 is 23.7 Å². The van der Waals surface area contributed by atoms with Crippen molar-refractivity contribution in [2.45, 2.75) is 77.5 Å². The van der Waals surface area contributed by atoms with E-state index in [1.54, 1.807) is 4.90 Å². The van der Waals surface area contributed by atoms with Crippen LogP contribution in [0.5, 0.6) is 0 Å². The van der Waals surface area contributed by atoms with E-state index in [9.17, 15) is 14.4 Å². The Balaban J connectivity index is 1.80. The number of aryl methyl sites for hydroxylation is 2. The number of amides is 3. The van der Waals surface area contributed by atoms with E-state index in [4.69, 9.17) is 17.2 Å². The second-order valence-electron chi connectivity index (χ2n) is 11.1. The second-order valence-corrected chi connectivity index (χ2v) is 11.1. The summed E-state index contributed by atoms with van der Waals surface area (Å²) in [4.78, 5) is 47.3. The van der Waals surface area contributed by atoms with Gasteiger partial charge in [0.25, 0.3) is 0 Å². The van der Waals surface area contributed by atoms with E-state index in [2.05, 4.69) is 16.4 Å². The fourth-order valence-electron chi connectivity index (χ4n) is 5.50. The first kappa shape index (κ1) is 31.6. The monoisotopic (exact) mass is 563 g/mol. The molecule has 0 aliphatic carbocycles. The molecule has 3 unspecified atom stereocenters. The average Bonchev–Trinajstić information content (AvgIpc) is 2.92. The van der Waals surface area contributed by atoms with Gasteiger partial charge in [0.2, 0.25) is 17.7 Å². The number of rotatable bonds is 11. The van der Waals surface area contributed by atoms with Crippen LogP contribution in [0.2, 0.25) is 0 Å². The Labute approximate surface area is 243 Å². The van der Waals surface area contributed by atoms with Crippen LogP contribution in [-0.4, -0.2) is 77.3 Å². The summed E-state index contributed by atoms with van der Waals surface area (Å²) in [7, 11) is 0. The number of hydrogen-bond acceptors (Lipinski definition) is 5. The van der Waals surface area contributed by atoms with Gasteiger partial charge in [-0.3, -0.25) is 19.4 Å². The summed E-state index contributed by atoms with van der Waals surface area (Å²) in [5.74, 6) is -0.565. The molecule has 0 spiro atoms. The number of piperazine rings is 1. The Morgan fingerprint density at radius 2 is 1.71 bits per heavy atom. The van der Waals surface area contributed by atoms with Crippen LogP contribution < -0.4 is 22.5 Å². The molecule has 2 aromatic rings. The van der Waals surface area contributed by atoms with Crippen LogP contribution in [0.3, 0.4) is 0 Å². The zero-order valence-corrected chi connectivity index (χ0v) is 24.7. The van der Waals surface area contributed by atoms with Gasteiger partial charge >= 0.3 is 0 Å². The summed E-state index contributed by atoms with van der Waals surface area (Å²) >= 11 is 0. The van der Waals surface area contributed by atoms with Crippen molar-refractivity contribution in [2.75, 3.05) is 19.6 Å². The van der Waals surface area contributed by atoms with Crippen molar-refractivity contribution in [3.63, 3.8) is 0 Å². The molecular weight excluding hydrogens is 518 g/mol. The van der Waals surface area contributed by atoms with Gasteiger partial charge in [-0.15, -0.1) is 0 Å². The Morgan fingerprint density at radius 3 is 2.34 bits per heavy atom. The lowest BCUT2D eigenvalue weighted by Gasteiger charge is -2.47. The van der Waals surface area contributed by atoms with Crippen molar-refractivity contribution in [1.29, 1.82) is 0 Å². The molecular formula is C31H45N7O3. The molecule has 2 aromatic carbocycles. The largest absolute Gasteiger partial charge is 0.370 e. The van der Waals surface area contributed by atoms with Crippen LogP contribution in [-0.2, 0) is 27.2 Å². The second kappa shape index (κ2) is 14.6. The highest BCUT2D eigenvalue weighted by molar-refractivity contribution is 5.88. The summed E-state index contributed by atoms with van der Waals surface area (Å²) in [6, 6.07) is 13.8. The first-order valence-electron chi connectivity index (χ1n) is 14.2. The first-order chi connectivity index (χ1) is 19.5. The minimum atomic E-state index is -0.714. The van der Waals surface area contributed by atoms with E-state index in [0.29, 0.717) is 45.3 Å². The molecule has 10 nitrogen and oxygen atoms in total. The van der Waals surface area contributed by atoms with Gasteiger partial charge in [0.05, 0.1) is 6.04 Å². The number of nitrogens with two attached hydrogens (primary N) is 3. The highest BCUT2D eigenvalue weighted by atomic mass is 16.2. The minimum Gasteiger partial charge on any atom is -0.370 e. The Hall–Kier alpha value is -3.92. The maximum absolute atomic E-state index is 13.9. The number of nitrogens with one attached hydrogen (secondary N) is 1. The topological polar surface area (TPSA) is 160 Å². The molecule has 1 aliphatic rings. The van der Waals surface area contributed by atoms with Gasteiger partial charge in [0.1, 0.15) is 6.04 Å². The lowest BCUT2D eigenvalue weighted by molar-refractivity contribution is -0.149. The fourth-order valence-corrected chi connectivity index (χ4v) is 5.50. The zero-order chi connectivity index (χ0) is 30.1. The van der Waals surface area contributed by atoms with Gasteiger partial charge < -0.3 is 32.3 Å².